The molecular weight excluding hydrogens is 781 g/mol. The molecular formula is C60H42N2O2. The van der Waals surface area contributed by atoms with Crippen molar-refractivity contribution in [2.24, 2.45) is 0 Å². The van der Waals surface area contributed by atoms with Gasteiger partial charge in [0, 0.05) is 67.3 Å². The minimum absolute atomic E-state index is 0.862. The molecule has 0 N–H and O–H groups in total. The summed E-state index contributed by atoms with van der Waals surface area (Å²) in [6.45, 7) is 4.04. The van der Waals surface area contributed by atoms with Gasteiger partial charge in [-0.3, -0.25) is 0 Å². The van der Waals surface area contributed by atoms with Crippen LogP contribution in [0.25, 0.3) is 71.7 Å². The fourth-order valence-electron chi connectivity index (χ4n) is 8.81. The van der Waals surface area contributed by atoms with E-state index in [1.165, 1.54) is 0 Å². The SMILES string of the molecule is C=C/C=C(\C=C/N(c1ccccc1)c1ccc(-c2ccc(N(c3ccccc3)c3ccc(-c4cccc5c4oc4ccccc45)cc3)cc2)cc1)c1cccc2c1oc1ccccc12. The molecule has 2 heterocycles. The van der Waals surface area contributed by atoms with Crippen molar-refractivity contribution in [2.75, 3.05) is 9.80 Å². The average Bonchev–Trinajstić information content (AvgIpc) is 3.94. The third kappa shape index (κ3) is 7.13. The lowest BCUT2D eigenvalue weighted by Crippen LogP contribution is -2.09. The maximum atomic E-state index is 6.42. The lowest BCUT2D eigenvalue weighted by molar-refractivity contribution is 0.667. The molecule has 0 spiro atoms. The molecule has 9 aromatic carbocycles. The Kier molecular flexibility index (Phi) is 10.00. The van der Waals surface area contributed by atoms with Crippen LogP contribution in [0.15, 0.2) is 258 Å². The molecule has 304 valence electrons. The number of allylic oxidation sites excluding steroid dienone is 4. The fourth-order valence-corrected chi connectivity index (χ4v) is 8.81. The number of fused-ring (bicyclic) bond motifs is 6. The summed E-state index contributed by atoms with van der Waals surface area (Å²) in [4.78, 5) is 4.51. The molecule has 0 amide bonds. The van der Waals surface area contributed by atoms with Gasteiger partial charge in [-0.1, -0.05) is 164 Å². The first-order valence-corrected chi connectivity index (χ1v) is 21.5. The molecule has 0 aliphatic carbocycles. The molecule has 0 fully saturated rings. The van der Waals surface area contributed by atoms with Crippen molar-refractivity contribution in [3.05, 3.63) is 255 Å². The maximum absolute atomic E-state index is 6.42. The van der Waals surface area contributed by atoms with Gasteiger partial charge in [0.1, 0.15) is 22.3 Å². The van der Waals surface area contributed by atoms with Gasteiger partial charge < -0.3 is 18.6 Å². The van der Waals surface area contributed by atoms with E-state index >= 15 is 0 Å². The van der Waals surface area contributed by atoms with Gasteiger partial charge in [0.05, 0.1) is 0 Å². The number of hydrogen-bond acceptors (Lipinski definition) is 4. The smallest absolute Gasteiger partial charge is 0.143 e. The van der Waals surface area contributed by atoms with Crippen LogP contribution in [-0.2, 0) is 0 Å². The van der Waals surface area contributed by atoms with Gasteiger partial charge in [-0.05, 0) is 101 Å². The van der Waals surface area contributed by atoms with Crippen molar-refractivity contribution in [3.8, 4) is 22.3 Å². The zero-order valence-corrected chi connectivity index (χ0v) is 35.0. The number of para-hydroxylation sites is 6. The molecule has 0 bridgehead atoms. The van der Waals surface area contributed by atoms with Gasteiger partial charge in [-0.2, -0.15) is 0 Å². The third-order valence-corrected chi connectivity index (χ3v) is 11.9. The topological polar surface area (TPSA) is 32.8 Å². The Bertz CT molecular complexity index is 3490. The predicted molar refractivity (Wildman–Crippen MR) is 269 cm³/mol. The zero-order valence-electron chi connectivity index (χ0n) is 35.0. The summed E-state index contributed by atoms with van der Waals surface area (Å²) in [5.41, 5.74) is 15.3. The summed E-state index contributed by atoms with van der Waals surface area (Å²) in [6, 6.07) is 76.4. The van der Waals surface area contributed by atoms with Crippen LogP contribution in [0.4, 0.5) is 28.4 Å². The molecule has 4 heteroatoms. The summed E-state index contributed by atoms with van der Waals surface area (Å²) in [7, 11) is 0. The number of anilines is 5. The van der Waals surface area contributed by atoms with Gasteiger partial charge in [0.25, 0.3) is 0 Å². The van der Waals surface area contributed by atoms with E-state index in [-0.39, 0.29) is 0 Å². The Hall–Kier alpha value is -8.60. The maximum Gasteiger partial charge on any atom is 0.143 e. The minimum Gasteiger partial charge on any atom is -0.455 e. The minimum atomic E-state index is 0.862. The fraction of sp³-hybridized carbons (Fsp3) is 0. The second-order valence-corrected chi connectivity index (χ2v) is 15.8. The Balaban J connectivity index is 0.884. The van der Waals surface area contributed by atoms with Crippen molar-refractivity contribution in [3.63, 3.8) is 0 Å². The average molecular weight is 823 g/mol. The Morgan fingerprint density at radius 3 is 1.45 bits per heavy atom. The number of hydrogen-bond donors (Lipinski definition) is 0. The number of nitrogens with zero attached hydrogens (tertiary/aromatic N) is 2. The van der Waals surface area contributed by atoms with Gasteiger partial charge in [-0.25, -0.2) is 0 Å². The van der Waals surface area contributed by atoms with E-state index in [0.717, 1.165) is 106 Å². The first kappa shape index (κ1) is 38.3. The molecule has 0 saturated heterocycles. The monoisotopic (exact) mass is 822 g/mol. The first-order chi connectivity index (χ1) is 31.7. The molecule has 0 atom stereocenters. The molecule has 11 rings (SSSR count). The number of benzene rings is 9. The van der Waals surface area contributed by atoms with Crippen LogP contribution in [0.2, 0.25) is 0 Å². The van der Waals surface area contributed by atoms with Crippen LogP contribution < -0.4 is 9.80 Å². The summed E-state index contributed by atoms with van der Waals surface area (Å²) >= 11 is 0. The quantitative estimate of drug-likeness (QED) is 0.122. The molecule has 0 aliphatic heterocycles. The summed E-state index contributed by atoms with van der Waals surface area (Å²) in [6.07, 6.45) is 8.12. The Labute approximate surface area is 372 Å². The van der Waals surface area contributed by atoms with Gasteiger partial charge in [0.2, 0.25) is 0 Å². The summed E-state index contributed by atoms with van der Waals surface area (Å²) in [5, 5.41) is 4.46. The van der Waals surface area contributed by atoms with E-state index < -0.39 is 0 Å². The van der Waals surface area contributed by atoms with Gasteiger partial charge in [-0.15, -0.1) is 0 Å². The van der Waals surface area contributed by atoms with Crippen LogP contribution in [0, 0.1) is 0 Å². The lowest BCUT2D eigenvalue weighted by Gasteiger charge is -2.26. The number of furan rings is 2. The van der Waals surface area contributed by atoms with Crippen molar-refractivity contribution < 1.29 is 8.83 Å². The van der Waals surface area contributed by atoms with Crippen LogP contribution in [0.5, 0.6) is 0 Å². The van der Waals surface area contributed by atoms with Crippen molar-refractivity contribution >= 4 is 77.9 Å². The van der Waals surface area contributed by atoms with Crippen LogP contribution in [-0.4, -0.2) is 0 Å². The predicted octanol–water partition coefficient (Wildman–Crippen LogP) is 17.2. The molecule has 4 nitrogen and oxygen atoms in total. The van der Waals surface area contributed by atoms with E-state index in [9.17, 15) is 0 Å². The van der Waals surface area contributed by atoms with E-state index in [4.69, 9.17) is 8.83 Å². The highest BCUT2D eigenvalue weighted by Crippen LogP contribution is 2.40. The summed E-state index contributed by atoms with van der Waals surface area (Å²) < 4.78 is 12.8. The highest BCUT2D eigenvalue weighted by molar-refractivity contribution is 6.10. The van der Waals surface area contributed by atoms with Crippen molar-refractivity contribution in [1.29, 1.82) is 0 Å². The molecule has 11 aromatic rings. The van der Waals surface area contributed by atoms with Gasteiger partial charge in [0.15, 0.2) is 0 Å². The molecule has 0 radical (unpaired) electrons. The second kappa shape index (κ2) is 16.7. The lowest BCUT2D eigenvalue weighted by atomic mass is 10.0. The highest BCUT2D eigenvalue weighted by atomic mass is 16.3. The van der Waals surface area contributed by atoms with Crippen molar-refractivity contribution in [2.45, 2.75) is 0 Å². The van der Waals surface area contributed by atoms with Crippen LogP contribution >= 0.6 is 0 Å². The Morgan fingerprint density at radius 2 is 0.844 bits per heavy atom. The van der Waals surface area contributed by atoms with Gasteiger partial charge >= 0.3 is 0 Å². The zero-order chi connectivity index (χ0) is 42.8. The first-order valence-electron chi connectivity index (χ1n) is 21.5. The van der Waals surface area contributed by atoms with E-state index in [1.54, 1.807) is 0 Å². The van der Waals surface area contributed by atoms with Crippen molar-refractivity contribution in [1.82, 2.24) is 0 Å². The molecule has 0 unspecified atom stereocenters. The standard InChI is InChI=1S/C60H42N2O2/c1-2-15-44(51-22-13-24-55-53-20-9-11-26-57(53)63-59(51)55)40-41-61(46-16-5-3-6-17-46)47-34-28-42(29-35-47)43-30-36-49(37-31-43)62(48-18-7-4-8-19-48)50-38-32-45(33-39-50)52-23-14-25-56-54-21-10-12-27-58(54)64-60(52)56/h2-41H,1H2/b41-40-,44-15+. The highest BCUT2D eigenvalue weighted by Gasteiger charge is 2.17. The molecule has 2 aromatic heterocycles. The molecule has 64 heavy (non-hydrogen) atoms. The van der Waals surface area contributed by atoms with E-state index in [2.05, 4.69) is 217 Å². The van der Waals surface area contributed by atoms with E-state index in [1.807, 2.05) is 42.5 Å². The van der Waals surface area contributed by atoms with E-state index in [0.29, 0.717) is 0 Å². The largest absolute Gasteiger partial charge is 0.455 e. The van der Waals surface area contributed by atoms with Crippen LogP contribution in [0.1, 0.15) is 5.56 Å². The normalized spacial score (nSPS) is 11.8. The summed E-state index contributed by atoms with van der Waals surface area (Å²) in [5.74, 6) is 0. The third-order valence-electron chi connectivity index (χ3n) is 11.9. The molecule has 0 saturated carbocycles. The number of rotatable bonds is 11. The molecule has 0 aliphatic rings. The van der Waals surface area contributed by atoms with Crippen LogP contribution in [0.3, 0.4) is 0 Å². The second-order valence-electron chi connectivity index (χ2n) is 15.8. The Morgan fingerprint density at radius 1 is 0.391 bits per heavy atom.